The predicted molar refractivity (Wildman–Crippen MR) is 83.9 cm³/mol. The number of hydrogen-bond acceptors (Lipinski definition) is 3. The van der Waals surface area contributed by atoms with E-state index in [1.54, 1.807) is 0 Å². The average Bonchev–Trinajstić information content (AvgIpc) is 2.40. The Morgan fingerprint density at radius 1 is 1.35 bits per heavy atom. The molecular formula is C16H27N3O. The summed E-state index contributed by atoms with van der Waals surface area (Å²) in [5.74, 6) is 0.305. The summed E-state index contributed by atoms with van der Waals surface area (Å²) in [7, 11) is 2.13. The number of nitrogens with zero attached hydrogens (tertiary/aromatic N) is 2. The molecular weight excluding hydrogens is 250 g/mol. The Bertz CT molecular complexity index is 455. The third-order valence-electron chi connectivity index (χ3n) is 3.84. The summed E-state index contributed by atoms with van der Waals surface area (Å²) in [6.07, 6.45) is 1.92. The topological polar surface area (TPSA) is 61.8 Å². The molecule has 0 fully saturated rings. The molecule has 4 heteroatoms. The first-order valence-corrected chi connectivity index (χ1v) is 7.08. The van der Waals surface area contributed by atoms with Gasteiger partial charge in [-0.05, 0) is 44.5 Å². The van der Waals surface area contributed by atoms with Crippen LogP contribution < -0.4 is 5.73 Å². The van der Waals surface area contributed by atoms with Gasteiger partial charge >= 0.3 is 0 Å². The quantitative estimate of drug-likeness (QED) is 0.348. The maximum absolute atomic E-state index is 8.76. The monoisotopic (exact) mass is 277 g/mol. The lowest BCUT2D eigenvalue weighted by Gasteiger charge is -2.24. The summed E-state index contributed by atoms with van der Waals surface area (Å²) in [5, 5.41) is 11.9. The van der Waals surface area contributed by atoms with Gasteiger partial charge in [-0.2, -0.15) is 0 Å². The van der Waals surface area contributed by atoms with Gasteiger partial charge in [0, 0.05) is 12.0 Å². The van der Waals surface area contributed by atoms with Crippen molar-refractivity contribution in [3.05, 3.63) is 35.4 Å². The normalized spacial score (nSPS) is 12.9. The number of nitrogens with two attached hydrogens (primary N) is 1. The van der Waals surface area contributed by atoms with E-state index >= 15 is 0 Å². The van der Waals surface area contributed by atoms with Gasteiger partial charge in [0.1, 0.15) is 5.84 Å². The van der Waals surface area contributed by atoms with Crippen LogP contribution in [0, 0.1) is 12.3 Å². The van der Waals surface area contributed by atoms with E-state index in [0.29, 0.717) is 5.84 Å². The van der Waals surface area contributed by atoms with E-state index in [4.69, 9.17) is 10.9 Å². The third kappa shape index (κ3) is 4.85. The minimum Gasteiger partial charge on any atom is -0.409 e. The Morgan fingerprint density at radius 2 is 2.00 bits per heavy atom. The van der Waals surface area contributed by atoms with Gasteiger partial charge in [0.25, 0.3) is 0 Å². The summed E-state index contributed by atoms with van der Waals surface area (Å²) in [6, 6.07) is 8.47. The molecule has 112 valence electrons. The molecule has 0 heterocycles. The van der Waals surface area contributed by atoms with Crippen molar-refractivity contribution in [2.24, 2.45) is 16.3 Å². The van der Waals surface area contributed by atoms with E-state index in [2.05, 4.69) is 48.3 Å². The molecule has 20 heavy (non-hydrogen) atoms. The molecule has 0 aliphatic heterocycles. The number of aryl methyl sites for hydroxylation is 1. The zero-order valence-electron chi connectivity index (χ0n) is 13.1. The first kappa shape index (κ1) is 16.5. The zero-order valence-corrected chi connectivity index (χ0v) is 13.1. The van der Waals surface area contributed by atoms with E-state index in [1.165, 1.54) is 11.1 Å². The zero-order chi connectivity index (χ0) is 15.2. The van der Waals surface area contributed by atoms with E-state index in [0.717, 1.165) is 25.9 Å². The summed E-state index contributed by atoms with van der Waals surface area (Å²) < 4.78 is 0. The largest absolute Gasteiger partial charge is 0.409 e. The fraction of sp³-hybridized carbons (Fsp3) is 0.562. The fourth-order valence-corrected chi connectivity index (χ4v) is 2.21. The van der Waals surface area contributed by atoms with Gasteiger partial charge in [-0.1, -0.05) is 43.3 Å². The van der Waals surface area contributed by atoms with Gasteiger partial charge in [0.2, 0.25) is 0 Å². The SMILES string of the molecule is Cc1ccccc1CN(C)CCCC(C)(C)C(N)=NO. The fourth-order valence-electron chi connectivity index (χ4n) is 2.21. The molecule has 0 spiro atoms. The van der Waals surface area contributed by atoms with Gasteiger partial charge in [0.15, 0.2) is 0 Å². The second-order valence-electron chi connectivity index (χ2n) is 6.14. The van der Waals surface area contributed by atoms with E-state index in [-0.39, 0.29) is 5.41 Å². The van der Waals surface area contributed by atoms with Crippen LogP contribution in [-0.4, -0.2) is 29.5 Å². The van der Waals surface area contributed by atoms with Crippen LogP contribution in [0.3, 0.4) is 0 Å². The number of amidine groups is 1. The number of oxime groups is 1. The smallest absolute Gasteiger partial charge is 0.144 e. The third-order valence-corrected chi connectivity index (χ3v) is 3.84. The van der Waals surface area contributed by atoms with E-state index in [1.807, 2.05) is 13.8 Å². The molecule has 1 aromatic rings. The molecule has 0 aromatic heterocycles. The lowest BCUT2D eigenvalue weighted by atomic mass is 9.86. The van der Waals surface area contributed by atoms with E-state index < -0.39 is 0 Å². The molecule has 0 bridgehead atoms. The van der Waals surface area contributed by atoms with Gasteiger partial charge < -0.3 is 15.8 Å². The van der Waals surface area contributed by atoms with Crippen LogP contribution in [0.1, 0.15) is 37.8 Å². The molecule has 0 atom stereocenters. The highest BCUT2D eigenvalue weighted by Crippen LogP contribution is 2.22. The highest BCUT2D eigenvalue weighted by atomic mass is 16.4. The molecule has 4 nitrogen and oxygen atoms in total. The lowest BCUT2D eigenvalue weighted by Crippen LogP contribution is -2.32. The second kappa shape index (κ2) is 7.29. The van der Waals surface area contributed by atoms with Gasteiger partial charge in [-0.25, -0.2) is 0 Å². The molecule has 0 saturated heterocycles. The van der Waals surface area contributed by atoms with Gasteiger partial charge in [-0.3, -0.25) is 0 Å². The van der Waals surface area contributed by atoms with Crippen LogP contribution in [0.25, 0.3) is 0 Å². The van der Waals surface area contributed by atoms with Crippen molar-refractivity contribution in [1.82, 2.24) is 4.90 Å². The summed E-state index contributed by atoms with van der Waals surface area (Å²) >= 11 is 0. The first-order valence-electron chi connectivity index (χ1n) is 7.08. The van der Waals surface area contributed by atoms with Crippen molar-refractivity contribution in [3.8, 4) is 0 Å². The first-order chi connectivity index (χ1) is 9.36. The highest BCUT2D eigenvalue weighted by molar-refractivity contribution is 5.85. The summed E-state index contributed by atoms with van der Waals surface area (Å²) in [5.41, 5.74) is 8.14. The molecule has 0 unspecified atom stereocenters. The maximum Gasteiger partial charge on any atom is 0.144 e. The summed E-state index contributed by atoms with van der Waals surface area (Å²) in [6.45, 7) is 8.10. The number of rotatable bonds is 7. The molecule has 0 amide bonds. The number of hydrogen-bond donors (Lipinski definition) is 2. The van der Waals surface area contributed by atoms with Crippen LogP contribution in [0.2, 0.25) is 0 Å². The van der Waals surface area contributed by atoms with Crippen molar-refractivity contribution < 1.29 is 5.21 Å². The minimum atomic E-state index is -0.252. The standard InChI is InChI=1S/C16H27N3O/c1-13-8-5-6-9-14(13)12-19(4)11-7-10-16(2,3)15(17)18-20/h5-6,8-9,20H,7,10-12H2,1-4H3,(H2,17,18). The molecule has 0 aliphatic rings. The van der Waals surface area contributed by atoms with Crippen molar-refractivity contribution >= 4 is 5.84 Å². The van der Waals surface area contributed by atoms with Crippen molar-refractivity contribution in [2.75, 3.05) is 13.6 Å². The average molecular weight is 277 g/mol. The molecule has 0 aliphatic carbocycles. The van der Waals surface area contributed by atoms with Crippen LogP contribution in [0.5, 0.6) is 0 Å². The van der Waals surface area contributed by atoms with Crippen LogP contribution in [0.4, 0.5) is 0 Å². The molecule has 0 saturated carbocycles. The van der Waals surface area contributed by atoms with Crippen LogP contribution in [0.15, 0.2) is 29.4 Å². The van der Waals surface area contributed by atoms with Crippen LogP contribution >= 0.6 is 0 Å². The molecule has 1 aromatic carbocycles. The highest BCUT2D eigenvalue weighted by Gasteiger charge is 2.23. The van der Waals surface area contributed by atoms with Gasteiger partial charge in [-0.15, -0.1) is 0 Å². The van der Waals surface area contributed by atoms with Crippen LogP contribution in [-0.2, 0) is 6.54 Å². The molecule has 1 rings (SSSR count). The van der Waals surface area contributed by atoms with Crippen molar-refractivity contribution in [1.29, 1.82) is 0 Å². The molecule has 0 radical (unpaired) electrons. The predicted octanol–water partition coefficient (Wildman–Crippen LogP) is 2.98. The Kier molecular flexibility index (Phi) is 6.02. The minimum absolute atomic E-state index is 0.252. The Balaban J connectivity index is 2.41. The number of benzene rings is 1. The van der Waals surface area contributed by atoms with Crippen molar-refractivity contribution in [2.45, 2.75) is 40.2 Å². The molecule has 3 N–H and O–H groups in total. The Hall–Kier alpha value is -1.55. The summed E-state index contributed by atoms with van der Waals surface area (Å²) in [4.78, 5) is 2.31. The Labute approximate surface area is 122 Å². The van der Waals surface area contributed by atoms with Crippen molar-refractivity contribution in [3.63, 3.8) is 0 Å². The Morgan fingerprint density at radius 3 is 2.60 bits per heavy atom. The maximum atomic E-state index is 8.76. The van der Waals surface area contributed by atoms with E-state index in [9.17, 15) is 0 Å². The van der Waals surface area contributed by atoms with Gasteiger partial charge in [0.05, 0.1) is 0 Å². The second-order valence-corrected chi connectivity index (χ2v) is 6.14. The lowest BCUT2D eigenvalue weighted by molar-refractivity contribution is 0.287.